The second-order valence-corrected chi connectivity index (χ2v) is 5.47. The molecule has 0 aliphatic carbocycles. The van der Waals surface area contributed by atoms with Gasteiger partial charge in [-0.25, -0.2) is 14.4 Å². The average molecular weight is 405 g/mol. The summed E-state index contributed by atoms with van der Waals surface area (Å²) in [5.74, 6) is -4.47. The van der Waals surface area contributed by atoms with Gasteiger partial charge in [-0.15, -0.1) is 0 Å². The number of aliphatic hydroxyl groups excluding tert-OH is 3. The van der Waals surface area contributed by atoms with E-state index >= 15 is 0 Å². The van der Waals surface area contributed by atoms with Crippen LogP contribution in [0.3, 0.4) is 0 Å². The Kier molecular flexibility index (Phi) is 9.18. The number of carbonyl (C=O) groups is 4. The Bertz CT molecular complexity index is 630. The summed E-state index contributed by atoms with van der Waals surface area (Å²) in [5, 5.41) is 30.3. The summed E-state index contributed by atoms with van der Waals surface area (Å²) < 4.78 is 18.8. The SMILES string of the molecule is CCOC(=O)CCC(NC(=O)OC1=C(O)C(C(O)CO)OC1=O)C(=O)OCC. The Morgan fingerprint density at radius 2 is 1.86 bits per heavy atom. The highest BCUT2D eigenvalue weighted by Crippen LogP contribution is 2.24. The van der Waals surface area contributed by atoms with Crippen molar-refractivity contribution in [2.75, 3.05) is 19.8 Å². The first-order valence-corrected chi connectivity index (χ1v) is 8.48. The molecule has 12 nitrogen and oxygen atoms in total. The molecule has 3 unspecified atom stereocenters. The summed E-state index contributed by atoms with van der Waals surface area (Å²) in [6.45, 7) is 2.50. The summed E-state index contributed by atoms with van der Waals surface area (Å²) in [6, 6.07) is -1.28. The molecule has 158 valence electrons. The number of rotatable bonds is 10. The molecule has 1 aliphatic rings. The van der Waals surface area contributed by atoms with Gasteiger partial charge in [-0.2, -0.15) is 0 Å². The summed E-state index contributed by atoms with van der Waals surface area (Å²) >= 11 is 0. The van der Waals surface area contributed by atoms with E-state index in [9.17, 15) is 29.4 Å². The fourth-order valence-electron chi connectivity index (χ4n) is 2.16. The third kappa shape index (κ3) is 6.39. The third-order valence-corrected chi connectivity index (χ3v) is 3.46. The predicted molar refractivity (Wildman–Crippen MR) is 88.5 cm³/mol. The van der Waals surface area contributed by atoms with E-state index < -0.39 is 60.4 Å². The van der Waals surface area contributed by atoms with Crippen LogP contribution in [0.2, 0.25) is 0 Å². The van der Waals surface area contributed by atoms with Crippen LogP contribution < -0.4 is 5.32 Å². The quantitative estimate of drug-likeness (QED) is 0.260. The van der Waals surface area contributed by atoms with Crippen LogP contribution in [0.4, 0.5) is 4.79 Å². The third-order valence-electron chi connectivity index (χ3n) is 3.46. The topological polar surface area (TPSA) is 178 Å². The number of cyclic esters (lactones) is 1. The Labute approximate surface area is 160 Å². The Balaban J connectivity index is 2.78. The molecule has 1 rings (SSSR count). The number of esters is 3. The average Bonchev–Trinajstić information content (AvgIpc) is 2.93. The van der Waals surface area contributed by atoms with Gasteiger partial charge in [0.25, 0.3) is 5.76 Å². The van der Waals surface area contributed by atoms with Crippen molar-refractivity contribution < 1.29 is 53.4 Å². The molecule has 28 heavy (non-hydrogen) atoms. The number of nitrogens with one attached hydrogen (secondary N) is 1. The molecule has 12 heteroatoms. The van der Waals surface area contributed by atoms with Gasteiger partial charge in [0.2, 0.25) is 0 Å². The van der Waals surface area contributed by atoms with E-state index in [1.165, 1.54) is 0 Å². The van der Waals surface area contributed by atoms with Crippen LogP contribution in [0, 0.1) is 0 Å². The van der Waals surface area contributed by atoms with Gasteiger partial charge in [0.15, 0.2) is 11.9 Å². The number of hydrogen-bond donors (Lipinski definition) is 4. The van der Waals surface area contributed by atoms with Crippen LogP contribution in [0.15, 0.2) is 11.5 Å². The van der Waals surface area contributed by atoms with E-state index in [1.54, 1.807) is 13.8 Å². The van der Waals surface area contributed by atoms with Gasteiger partial charge in [-0.3, -0.25) is 4.79 Å². The minimum absolute atomic E-state index is 0.0183. The maximum atomic E-state index is 12.0. The zero-order valence-corrected chi connectivity index (χ0v) is 15.4. The van der Waals surface area contributed by atoms with Gasteiger partial charge >= 0.3 is 24.0 Å². The lowest BCUT2D eigenvalue weighted by Gasteiger charge is -2.16. The van der Waals surface area contributed by atoms with Gasteiger partial charge < -0.3 is 39.6 Å². The zero-order chi connectivity index (χ0) is 21.3. The van der Waals surface area contributed by atoms with Gasteiger partial charge in [0.05, 0.1) is 19.8 Å². The molecule has 0 saturated carbocycles. The molecule has 0 radical (unpaired) electrons. The normalized spacial score (nSPS) is 18.1. The molecule has 0 bridgehead atoms. The Hall–Kier alpha value is -2.86. The van der Waals surface area contributed by atoms with Crippen molar-refractivity contribution in [3.63, 3.8) is 0 Å². The van der Waals surface area contributed by atoms with Crippen molar-refractivity contribution in [1.29, 1.82) is 0 Å². The fraction of sp³-hybridized carbons (Fsp3) is 0.625. The van der Waals surface area contributed by atoms with Gasteiger partial charge in [0, 0.05) is 6.42 Å². The molecule has 0 aromatic heterocycles. The first-order valence-electron chi connectivity index (χ1n) is 8.48. The highest BCUT2D eigenvalue weighted by atomic mass is 16.6. The number of aliphatic hydroxyl groups is 3. The van der Waals surface area contributed by atoms with E-state index in [0.29, 0.717) is 0 Å². The number of alkyl carbamates (subject to hydrolysis) is 1. The van der Waals surface area contributed by atoms with Crippen LogP contribution in [0.25, 0.3) is 0 Å². The first-order chi connectivity index (χ1) is 13.2. The molecule has 0 spiro atoms. The molecule has 1 amide bonds. The molecule has 4 N–H and O–H groups in total. The summed E-state index contributed by atoms with van der Waals surface area (Å²) in [5.41, 5.74) is 0. The van der Waals surface area contributed by atoms with E-state index in [1.807, 2.05) is 0 Å². The Morgan fingerprint density at radius 3 is 2.43 bits per heavy atom. The lowest BCUT2D eigenvalue weighted by Crippen LogP contribution is -2.42. The van der Waals surface area contributed by atoms with Crippen molar-refractivity contribution >= 4 is 24.0 Å². The van der Waals surface area contributed by atoms with Gasteiger partial charge in [0.1, 0.15) is 12.1 Å². The zero-order valence-electron chi connectivity index (χ0n) is 15.4. The van der Waals surface area contributed by atoms with E-state index in [0.717, 1.165) is 0 Å². The Morgan fingerprint density at radius 1 is 1.21 bits per heavy atom. The number of carbonyl (C=O) groups excluding carboxylic acids is 4. The monoisotopic (exact) mass is 405 g/mol. The van der Waals surface area contributed by atoms with E-state index in [-0.39, 0.29) is 26.1 Å². The van der Waals surface area contributed by atoms with Crippen molar-refractivity contribution in [1.82, 2.24) is 5.32 Å². The fourth-order valence-corrected chi connectivity index (χ4v) is 2.16. The molecular formula is C16H23NO11. The minimum atomic E-state index is -1.62. The van der Waals surface area contributed by atoms with Crippen LogP contribution in [0.1, 0.15) is 26.7 Å². The standard InChI is InChI=1S/C16H23NO11/c1-3-25-10(20)6-5-8(14(22)26-4-2)17-16(24)28-13-11(21)12(9(19)7-18)27-15(13)23/h8-9,12,18-19,21H,3-7H2,1-2H3,(H,17,24). The summed E-state index contributed by atoms with van der Waals surface area (Å²) in [6.07, 6.45) is -4.87. The largest absolute Gasteiger partial charge is 0.505 e. The lowest BCUT2D eigenvalue weighted by atomic mass is 10.1. The summed E-state index contributed by atoms with van der Waals surface area (Å²) in [4.78, 5) is 47.1. The smallest absolute Gasteiger partial charge is 0.413 e. The van der Waals surface area contributed by atoms with Crippen LogP contribution in [0.5, 0.6) is 0 Å². The van der Waals surface area contributed by atoms with Gasteiger partial charge in [-0.1, -0.05) is 0 Å². The van der Waals surface area contributed by atoms with Crippen molar-refractivity contribution in [3.8, 4) is 0 Å². The minimum Gasteiger partial charge on any atom is -0.505 e. The first kappa shape index (κ1) is 23.2. The molecule has 0 aromatic carbocycles. The highest BCUT2D eigenvalue weighted by molar-refractivity contribution is 5.93. The highest BCUT2D eigenvalue weighted by Gasteiger charge is 2.41. The van der Waals surface area contributed by atoms with Crippen LogP contribution in [-0.4, -0.2) is 77.4 Å². The predicted octanol–water partition coefficient (Wildman–Crippen LogP) is -0.964. The molecule has 0 aromatic rings. The van der Waals surface area contributed by atoms with Crippen molar-refractivity contribution in [2.45, 2.75) is 44.9 Å². The van der Waals surface area contributed by atoms with Gasteiger partial charge in [-0.05, 0) is 20.3 Å². The maximum absolute atomic E-state index is 12.0. The molecule has 3 atom stereocenters. The summed E-state index contributed by atoms with van der Waals surface area (Å²) in [7, 11) is 0. The van der Waals surface area contributed by atoms with Crippen LogP contribution in [-0.2, 0) is 33.3 Å². The van der Waals surface area contributed by atoms with Crippen LogP contribution >= 0.6 is 0 Å². The second-order valence-electron chi connectivity index (χ2n) is 5.47. The van der Waals surface area contributed by atoms with Crippen molar-refractivity contribution in [3.05, 3.63) is 11.5 Å². The van der Waals surface area contributed by atoms with E-state index in [4.69, 9.17) is 14.6 Å². The molecule has 0 saturated heterocycles. The number of amides is 1. The molecular weight excluding hydrogens is 382 g/mol. The van der Waals surface area contributed by atoms with E-state index in [2.05, 4.69) is 14.8 Å². The molecule has 1 heterocycles. The molecule has 0 fully saturated rings. The lowest BCUT2D eigenvalue weighted by molar-refractivity contribution is -0.148. The second kappa shape index (κ2) is 11.1. The maximum Gasteiger partial charge on any atom is 0.413 e. The number of hydrogen-bond acceptors (Lipinski definition) is 11. The van der Waals surface area contributed by atoms with Crippen molar-refractivity contribution in [2.24, 2.45) is 0 Å². The number of ether oxygens (including phenoxy) is 4. The molecule has 1 aliphatic heterocycles.